The number of nitrogens with one attached hydrogen (secondary N) is 1. The number of anilines is 1. The monoisotopic (exact) mass is 259 g/mol. The number of benzene rings is 1. The van der Waals surface area contributed by atoms with Gasteiger partial charge < -0.3 is 10.7 Å². The fourth-order valence-corrected chi connectivity index (χ4v) is 1.42. The van der Waals surface area contributed by atoms with Crippen molar-refractivity contribution in [2.75, 3.05) is 5.73 Å². The van der Waals surface area contributed by atoms with Crippen LogP contribution in [0.15, 0.2) is 18.5 Å². The van der Waals surface area contributed by atoms with Gasteiger partial charge in [-0.2, -0.15) is 0 Å². The summed E-state index contributed by atoms with van der Waals surface area (Å²) >= 11 is 2.19. The molecule has 0 aliphatic heterocycles. The van der Waals surface area contributed by atoms with Crippen molar-refractivity contribution in [3.63, 3.8) is 0 Å². The Morgan fingerprint density at radius 1 is 1.45 bits per heavy atom. The second-order valence-electron chi connectivity index (χ2n) is 2.29. The highest BCUT2D eigenvalue weighted by atomic mass is 127. The van der Waals surface area contributed by atoms with Gasteiger partial charge in [-0.25, -0.2) is 4.98 Å². The molecule has 11 heavy (non-hydrogen) atoms. The lowest BCUT2D eigenvalue weighted by atomic mass is 10.3. The van der Waals surface area contributed by atoms with Crippen molar-refractivity contribution in [2.24, 2.45) is 0 Å². The number of hydrogen-bond donors (Lipinski definition) is 2. The first-order valence-electron chi connectivity index (χ1n) is 3.15. The third-order valence-electron chi connectivity index (χ3n) is 1.54. The van der Waals surface area contributed by atoms with Gasteiger partial charge in [0.2, 0.25) is 0 Å². The summed E-state index contributed by atoms with van der Waals surface area (Å²) < 4.78 is 1.04. The Morgan fingerprint density at radius 3 is 3.09 bits per heavy atom. The predicted octanol–water partition coefficient (Wildman–Crippen LogP) is 1.75. The van der Waals surface area contributed by atoms with Crippen LogP contribution in [0.5, 0.6) is 0 Å². The molecule has 0 unspecified atom stereocenters. The quantitative estimate of drug-likeness (QED) is 0.559. The summed E-state index contributed by atoms with van der Waals surface area (Å²) in [5.41, 5.74) is 8.43. The van der Waals surface area contributed by atoms with E-state index in [1.807, 2.05) is 12.1 Å². The third-order valence-corrected chi connectivity index (χ3v) is 2.47. The van der Waals surface area contributed by atoms with Gasteiger partial charge in [0.15, 0.2) is 0 Å². The van der Waals surface area contributed by atoms with Crippen LogP contribution in [-0.2, 0) is 0 Å². The van der Waals surface area contributed by atoms with Crippen molar-refractivity contribution < 1.29 is 0 Å². The number of aromatic amines is 1. The van der Waals surface area contributed by atoms with Gasteiger partial charge in [0, 0.05) is 9.26 Å². The Kier molecular flexibility index (Phi) is 1.49. The minimum Gasteiger partial charge on any atom is -0.398 e. The van der Waals surface area contributed by atoms with E-state index in [4.69, 9.17) is 5.73 Å². The molecule has 0 fully saturated rings. The average molecular weight is 259 g/mol. The number of rotatable bonds is 0. The normalized spacial score (nSPS) is 10.6. The van der Waals surface area contributed by atoms with E-state index < -0.39 is 0 Å². The molecule has 0 atom stereocenters. The molecule has 1 aromatic heterocycles. The Hall–Kier alpha value is -0.780. The van der Waals surface area contributed by atoms with Gasteiger partial charge in [0.1, 0.15) is 0 Å². The molecular weight excluding hydrogens is 253 g/mol. The molecule has 0 spiro atoms. The fraction of sp³-hybridized carbons (Fsp3) is 0. The van der Waals surface area contributed by atoms with Gasteiger partial charge in [0.25, 0.3) is 0 Å². The van der Waals surface area contributed by atoms with Crippen molar-refractivity contribution in [3.05, 3.63) is 22.0 Å². The number of halogens is 1. The van der Waals surface area contributed by atoms with Gasteiger partial charge in [-0.1, -0.05) is 0 Å². The van der Waals surface area contributed by atoms with E-state index in [0.29, 0.717) is 0 Å². The van der Waals surface area contributed by atoms with Crippen LogP contribution in [0.1, 0.15) is 0 Å². The topological polar surface area (TPSA) is 54.7 Å². The van der Waals surface area contributed by atoms with Gasteiger partial charge in [0.05, 0.1) is 17.4 Å². The van der Waals surface area contributed by atoms with Crippen LogP contribution in [0.25, 0.3) is 11.0 Å². The van der Waals surface area contributed by atoms with E-state index in [-0.39, 0.29) is 0 Å². The van der Waals surface area contributed by atoms with Crippen molar-refractivity contribution in [1.29, 1.82) is 0 Å². The Bertz CT molecular complexity index is 357. The van der Waals surface area contributed by atoms with Crippen LogP contribution >= 0.6 is 22.6 Å². The van der Waals surface area contributed by atoms with E-state index in [0.717, 1.165) is 20.3 Å². The molecule has 0 radical (unpaired) electrons. The minimum atomic E-state index is 0.794. The van der Waals surface area contributed by atoms with Crippen molar-refractivity contribution in [3.8, 4) is 0 Å². The smallest absolute Gasteiger partial charge is 0.0931 e. The zero-order chi connectivity index (χ0) is 7.84. The second-order valence-corrected chi connectivity index (χ2v) is 3.46. The first-order valence-corrected chi connectivity index (χ1v) is 4.23. The summed E-state index contributed by atoms with van der Waals surface area (Å²) in [5.74, 6) is 0. The summed E-state index contributed by atoms with van der Waals surface area (Å²) in [6, 6.07) is 3.85. The molecule has 0 saturated carbocycles. The number of nitrogen functional groups attached to an aromatic ring is 1. The molecule has 0 saturated heterocycles. The molecule has 2 aromatic rings. The van der Waals surface area contributed by atoms with Gasteiger partial charge in [-0.15, -0.1) is 0 Å². The Morgan fingerprint density at radius 2 is 2.27 bits per heavy atom. The summed E-state index contributed by atoms with van der Waals surface area (Å²) in [6.07, 6.45) is 1.67. The van der Waals surface area contributed by atoms with Gasteiger partial charge >= 0.3 is 0 Å². The number of nitrogens with zero attached hydrogens (tertiary/aromatic N) is 1. The highest BCUT2D eigenvalue weighted by Crippen LogP contribution is 2.20. The van der Waals surface area contributed by atoms with Crippen molar-refractivity contribution in [2.45, 2.75) is 0 Å². The lowest BCUT2D eigenvalue weighted by Gasteiger charge is -1.95. The maximum Gasteiger partial charge on any atom is 0.0931 e. The van der Waals surface area contributed by atoms with E-state index in [1.165, 1.54) is 0 Å². The van der Waals surface area contributed by atoms with Crippen LogP contribution in [0, 0.1) is 3.57 Å². The zero-order valence-corrected chi connectivity index (χ0v) is 7.79. The summed E-state index contributed by atoms with van der Waals surface area (Å²) in [4.78, 5) is 7.10. The van der Waals surface area contributed by atoms with Crippen LogP contribution < -0.4 is 5.73 Å². The molecule has 2 rings (SSSR count). The summed E-state index contributed by atoms with van der Waals surface area (Å²) in [7, 11) is 0. The van der Waals surface area contributed by atoms with Crippen LogP contribution in [0.3, 0.4) is 0 Å². The fourth-order valence-electron chi connectivity index (χ4n) is 0.973. The molecular formula is C7H6IN3. The van der Waals surface area contributed by atoms with Crippen LogP contribution in [0.2, 0.25) is 0 Å². The Balaban J connectivity index is 2.86. The number of hydrogen-bond acceptors (Lipinski definition) is 2. The molecule has 1 heterocycles. The molecule has 0 aliphatic carbocycles. The second kappa shape index (κ2) is 2.37. The largest absolute Gasteiger partial charge is 0.398 e. The maximum absolute atomic E-state index is 5.69. The lowest BCUT2D eigenvalue weighted by Crippen LogP contribution is -1.88. The molecule has 0 amide bonds. The maximum atomic E-state index is 5.69. The third kappa shape index (κ3) is 1.07. The van der Waals surface area contributed by atoms with Gasteiger partial charge in [-0.05, 0) is 34.7 Å². The van der Waals surface area contributed by atoms with E-state index in [9.17, 15) is 0 Å². The summed E-state index contributed by atoms with van der Waals surface area (Å²) in [5, 5.41) is 0. The first kappa shape index (κ1) is 6.90. The number of fused-ring (bicyclic) bond motifs is 1. The zero-order valence-electron chi connectivity index (χ0n) is 5.63. The molecule has 0 bridgehead atoms. The lowest BCUT2D eigenvalue weighted by molar-refractivity contribution is 1.34. The SMILES string of the molecule is Nc1cc2[nH]cnc2cc1I. The highest BCUT2D eigenvalue weighted by Gasteiger charge is 1.99. The molecule has 56 valence electrons. The Labute approximate surface area is 77.1 Å². The van der Waals surface area contributed by atoms with E-state index in [2.05, 4.69) is 32.6 Å². The average Bonchev–Trinajstić information content (AvgIpc) is 2.36. The number of imidazole rings is 1. The number of nitrogens with two attached hydrogens (primary N) is 1. The van der Waals surface area contributed by atoms with Crippen LogP contribution in [0.4, 0.5) is 5.69 Å². The standard InChI is InChI=1S/C7H6IN3/c8-4-1-6-7(2-5(4)9)11-3-10-6/h1-3H,9H2,(H,10,11). The molecule has 3 N–H and O–H groups in total. The highest BCUT2D eigenvalue weighted by molar-refractivity contribution is 14.1. The predicted molar refractivity (Wildman–Crippen MR) is 53.2 cm³/mol. The van der Waals surface area contributed by atoms with E-state index in [1.54, 1.807) is 6.33 Å². The van der Waals surface area contributed by atoms with Gasteiger partial charge in [-0.3, -0.25) is 0 Å². The van der Waals surface area contributed by atoms with E-state index >= 15 is 0 Å². The summed E-state index contributed by atoms with van der Waals surface area (Å²) in [6.45, 7) is 0. The van der Waals surface area contributed by atoms with Crippen molar-refractivity contribution >= 4 is 39.3 Å². The van der Waals surface area contributed by atoms with Crippen LogP contribution in [-0.4, -0.2) is 9.97 Å². The molecule has 0 aliphatic rings. The molecule has 3 nitrogen and oxygen atoms in total. The number of H-pyrrole nitrogens is 1. The minimum absolute atomic E-state index is 0.794. The number of aromatic nitrogens is 2. The molecule has 4 heteroatoms. The van der Waals surface area contributed by atoms with Crippen molar-refractivity contribution in [1.82, 2.24) is 9.97 Å². The first-order chi connectivity index (χ1) is 5.27. The molecule has 1 aromatic carbocycles.